The Morgan fingerprint density at radius 3 is 2.67 bits per heavy atom. The lowest BCUT2D eigenvalue weighted by Crippen LogP contribution is -2.44. The molecule has 1 atom stereocenters. The number of likely N-dealkylation sites (N-methyl/N-ethyl adjacent to an activating group) is 1. The van der Waals surface area contributed by atoms with E-state index in [-0.39, 0.29) is 17.8 Å². The summed E-state index contributed by atoms with van der Waals surface area (Å²) in [6.07, 6.45) is 4.60. The largest absolute Gasteiger partial charge is 0.354 e. The van der Waals surface area contributed by atoms with Crippen LogP contribution in [0.5, 0.6) is 0 Å². The van der Waals surface area contributed by atoms with Gasteiger partial charge in [0.1, 0.15) is 5.82 Å². The number of thiazole rings is 1. The predicted octanol–water partition coefficient (Wildman–Crippen LogP) is 4.96. The maximum absolute atomic E-state index is 13.7. The molecule has 1 unspecified atom stereocenters. The van der Waals surface area contributed by atoms with Gasteiger partial charge in [0.2, 0.25) is 5.91 Å². The van der Waals surface area contributed by atoms with Gasteiger partial charge in [-0.2, -0.15) is 0 Å². The summed E-state index contributed by atoms with van der Waals surface area (Å²) >= 11 is 1.69. The van der Waals surface area contributed by atoms with E-state index >= 15 is 0 Å². The topological polar surface area (TPSA) is 45.2 Å². The molecule has 1 saturated carbocycles. The summed E-state index contributed by atoms with van der Waals surface area (Å²) in [5, 5.41) is 4.22. The molecule has 1 aliphatic carbocycles. The molecule has 158 valence electrons. The van der Waals surface area contributed by atoms with Crippen molar-refractivity contribution >= 4 is 27.5 Å². The third kappa shape index (κ3) is 4.40. The number of hydrogen-bond acceptors (Lipinski definition) is 4. The van der Waals surface area contributed by atoms with Gasteiger partial charge < -0.3 is 10.2 Å². The van der Waals surface area contributed by atoms with Crippen molar-refractivity contribution in [2.75, 3.05) is 20.6 Å². The molecule has 1 N–H and O–H groups in total. The molecule has 1 aromatic heterocycles. The molecule has 1 heterocycles. The molecule has 4 nitrogen and oxygen atoms in total. The SMILES string of the molecule is CN(C)C(CNC(=O)C1(Cc2nc3ccccc3s2)CCCC1)c1cccc(F)c1. The van der Waals surface area contributed by atoms with Crippen molar-refractivity contribution in [2.45, 2.75) is 38.1 Å². The van der Waals surface area contributed by atoms with Crippen LogP contribution in [0.25, 0.3) is 10.2 Å². The lowest BCUT2D eigenvalue weighted by molar-refractivity contribution is -0.131. The summed E-state index contributed by atoms with van der Waals surface area (Å²) in [4.78, 5) is 20.2. The lowest BCUT2D eigenvalue weighted by Gasteiger charge is -2.30. The summed E-state index contributed by atoms with van der Waals surface area (Å²) < 4.78 is 14.9. The first kappa shape index (κ1) is 20.9. The molecule has 0 saturated heterocycles. The van der Waals surface area contributed by atoms with Gasteiger partial charge in [0.05, 0.1) is 26.7 Å². The summed E-state index contributed by atoms with van der Waals surface area (Å²) in [7, 11) is 3.91. The van der Waals surface area contributed by atoms with Crippen LogP contribution in [0.4, 0.5) is 4.39 Å². The second-order valence-corrected chi connectivity index (χ2v) is 9.60. The minimum absolute atomic E-state index is 0.0782. The Morgan fingerprint density at radius 2 is 1.97 bits per heavy atom. The number of aromatic nitrogens is 1. The van der Waals surface area contributed by atoms with Crippen molar-refractivity contribution in [1.29, 1.82) is 0 Å². The number of carbonyl (C=O) groups is 1. The highest BCUT2D eigenvalue weighted by Crippen LogP contribution is 2.42. The van der Waals surface area contributed by atoms with Gasteiger partial charge in [-0.3, -0.25) is 4.79 Å². The molecule has 1 fully saturated rings. The van der Waals surface area contributed by atoms with Crippen LogP contribution in [0.2, 0.25) is 0 Å². The molecule has 1 amide bonds. The first-order valence-electron chi connectivity index (χ1n) is 10.5. The average Bonchev–Trinajstić information content (AvgIpc) is 3.35. The normalized spacial score (nSPS) is 16.8. The van der Waals surface area contributed by atoms with Gasteiger partial charge in [-0.15, -0.1) is 11.3 Å². The maximum Gasteiger partial charge on any atom is 0.226 e. The number of halogens is 1. The minimum atomic E-state index is -0.396. The smallest absolute Gasteiger partial charge is 0.226 e. The zero-order valence-corrected chi connectivity index (χ0v) is 18.3. The fourth-order valence-corrected chi connectivity index (χ4v) is 5.62. The molecular formula is C24H28FN3OS. The first-order valence-corrected chi connectivity index (χ1v) is 11.3. The van der Waals surface area contributed by atoms with Crippen molar-refractivity contribution in [3.63, 3.8) is 0 Å². The highest BCUT2D eigenvalue weighted by Gasteiger charge is 2.42. The number of nitrogens with one attached hydrogen (secondary N) is 1. The predicted molar refractivity (Wildman–Crippen MR) is 120 cm³/mol. The van der Waals surface area contributed by atoms with Gasteiger partial charge >= 0.3 is 0 Å². The van der Waals surface area contributed by atoms with E-state index in [1.165, 1.54) is 10.8 Å². The average molecular weight is 426 g/mol. The van der Waals surface area contributed by atoms with Crippen LogP contribution in [0.15, 0.2) is 48.5 Å². The Hall–Kier alpha value is -2.31. The zero-order valence-electron chi connectivity index (χ0n) is 17.5. The summed E-state index contributed by atoms with van der Waals surface area (Å²) in [5.74, 6) is -0.156. The fraction of sp³-hybridized carbons (Fsp3) is 0.417. The Morgan fingerprint density at radius 1 is 1.20 bits per heavy atom. The van der Waals surface area contributed by atoms with Gasteiger partial charge in [0.15, 0.2) is 0 Å². The monoisotopic (exact) mass is 425 g/mol. The Balaban J connectivity index is 1.50. The van der Waals surface area contributed by atoms with Crippen molar-refractivity contribution in [3.8, 4) is 0 Å². The second-order valence-electron chi connectivity index (χ2n) is 8.48. The van der Waals surface area contributed by atoms with Crippen molar-refractivity contribution in [3.05, 3.63) is 64.9 Å². The molecule has 0 radical (unpaired) electrons. The van der Waals surface area contributed by atoms with Crippen LogP contribution in [-0.4, -0.2) is 36.4 Å². The van der Waals surface area contributed by atoms with Gasteiger partial charge in [-0.1, -0.05) is 37.1 Å². The second kappa shape index (κ2) is 8.82. The molecule has 6 heteroatoms. The molecule has 0 bridgehead atoms. The van der Waals surface area contributed by atoms with Crippen molar-refractivity contribution < 1.29 is 9.18 Å². The van der Waals surface area contributed by atoms with Gasteiger partial charge in [-0.25, -0.2) is 9.37 Å². The maximum atomic E-state index is 13.7. The number of hydrogen-bond donors (Lipinski definition) is 1. The highest BCUT2D eigenvalue weighted by atomic mass is 32.1. The van der Waals surface area contributed by atoms with Crippen molar-refractivity contribution in [1.82, 2.24) is 15.2 Å². The number of benzene rings is 2. The van der Waals surface area contributed by atoms with E-state index in [4.69, 9.17) is 4.98 Å². The first-order chi connectivity index (χ1) is 14.5. The molecule has 2 aromatic carbocycles. The Kier molecular flexibility index (Phi) is 6.16. The van der Waals surface area contributed by atoms with E-state index < -0.39 is 5.41 Å². The third-order valence-electron chi connectivity index (χ3n) is 6.18. The molecule has 0 spiro atoms. The number of fused-ring (bicyclic) bond motifs is 1. The molecular weight excluding hydrogens is 397 g/mol. The zero-order chi connectivity index (χ0) is 21.1. The van der Waals surface area contributed by atoms with Gasteiger partial charge in [-0.05, 0) is 56.8 Å². The van der Waals surface area contributed by atoms with Crippen LogP contribution in [0, 0.1) is 11.2 Å². The van der Waals surface area contributed by atoms with E-state index in [0.717, 1.165) is 41.8 Å². The van der Waals surface area contributed by atoms with Gasteiger partial charge in [0, 0.05) is 13.0 Å². The number of amides is 1. The van der Waals surface area contributed by atoms with Crippen molar-refractivity contribution in [2.24, 2.45) is 5.41 Å². The number of nitrogens with zero attached hydrogens (tertiary/aromatic N) is 2. The van der Waals surface area contributed by atoms with E-state index in [9.17, 15) is 9.18 Å². The quantitative estimate of drug-likeness (QED) is 0.582. The molecule has 4 rings (SSSR count). The fourth-order valence-electron chi connectivity index (χ4n) is 4.51. The number of para-hydroxylation sites is 1. The molecule has 30 heavy (non-hydrogen) atoms. The van der Waals surface area contributed by atoms with Gasteiger partial charge in [0.25, 0.3) is 0 Å². The summed E-state index contributed by atoms with van der Waals surface area (Å²) in [5.41, 5.74) is 1.48. The number of rotatable bonds is 7. The lowest BCUT2D eigenvalue weighted by atomic mass is 9.81. The van der Waals surface area contributed by atoms with E-state index in [1.807, 2.05) is 43.3 Å². The minimum Gasteiger partial charge on any atom is -0.354 e. The Bertz CT molecular complexity index is 993. The van der Waals surface area contributed by atoms with Crippen LogP contribution in [-0.2, 0) is 11.2 Å². The Labute approximate surface area is 181 Å². The summed E-state index contributed by atoms with van der Waals surface area (Å²) in [6, 6.07) is 14.7. The third-order valence-corrected chi connectivity index (χ3v) is 7.22. The van der Waals surface area contributed by atoms with Crippen LogP contribution >= 0.6 is 11.3 Å². The van der Waals surface area contributed by atoms with E-state index in [2.05, 4.69) is 11.4 Å². The molecule has 1 aliphatic rings. The number of carbonyl (C=O) groups excluding carboxylic acids is 1. The summed E-state index contributed by atoms with van der Waals surface area (Å²) in [6.45, 7) is 0.455. The van der Waals surface area contributed by atoms with E-state index in [1.54, 1.807) is 23.5 Å². The van der Waals surface area contributed by atoms with Crippen LogP contribution < -0.4 is 5.32 Å². The highest BCUT2D eigenvalue weighted by molar-refractivity contribution is 7.18. The molecule has 0 aliphatic heterocycles. The standard InChI is InChI=1S/C24H28FN3OS/c1-28(2)20(17-8-7-9-18(25)14-17)16-26-23(29)24(12-5-6-13-24)15-22-27-19-10-3-4-11-21(19)30-22/h3-4,7-11,14,20H,5-6,12-13,15-16H2,1-2H3,(H,26,29). The van der Waals surface area contributed by atoms with Crippen LogP contribution in [0.1, 0.15) is 42.3 Å². The van der Waals surface area contributed by atoms with E-state index in [0.29, 0.717) is 13.0 Å². The van der Waals surface area contributed by atoms with Crippen LogP contribution in [0.3, 0.4) is 0 Å². The molecule has 3 aromatic rings.